The molecule has 0 unspecified atom stereocenters. The van der Waals surface area contributed by atoms with E-state index in [1.165, 1.54) is 5.69 Å². The van der Waals surface area contributed by atoms with E-state index in [4.69, 9.17) is 31.4 Å². The third-order valence-electron chi connectivity index (χ3n) is 4.61. The lowest BCUT2D eigenvalue weighted by Gasteiger charge is -2.39. The molecule has 0 bridgehead atoms. The van der Waals surface area contributed by atoms with Crippen LogP contribution >= 0.6 is 11.6 Å². The molecule has 0 radical (unpaired) electrons. The fourth-order valence-corrected chi connectivity index (χ4v) is 3.11. The van der Waals surface area contributed by atoms with Crippen molar-refractivity contribution in [3.05, 3.63) is 29.3 Å². The van der Waals surface area contributed by atoms with Crippen molar-refractivity contribution in [1.82, 2.24) is 10.2 Å². The molecular formula is C18H22ClF6N3O5. The number of aliphatic hydroxyl groups excluding tert-OH is 1. The summed E-state index contributed by atoms with van der Waals surface area (Å²) in [5.74, 6) is -5.51. The number of alkyl halides is 6. The van der Waals surface area contributed by atoms with E-state index >= 15 is 0 Å². The topological polar surface area (TPSA) is 113 Å². The Bertz CT molecular complexity index is 746. The first-order valence-corrected chi connectivity index (χ1v) is 9.74. The van der Waals surface area contributed by atoms with Gasteiger partial charge in [-0.1, -0.05) is 11.6 Å². The van der Waals surface area contributed by atoms with E-state index in [9.17, 15) is 31.4 Å². The van der Waals surface area contributed by atoms with Gasteiger partial charge in [0.1, 0.15) is 0 Å². The summed E-state index contributed by atoms with van der Waals surface area (Å²) in [6, 6.07) is 8.31. The predicted molar refractivity (Wildman–Crippen MR) is 105 cm³/mol. The van der Waals surface area contributed by atoms with Crippen molar-refractivity contribution in [3.8, 4) is 0 Å². The second-order valence-electron chi connectivity index (χ2n) is 6.90. The Hall–Kier alpha value is -2.29. The molecule has 2 atom stereocenters. The van der Waals surface area contributed by atoms with E-state index in [-0.39, 0.29) is 12.1 Å². The number of piperazine rings is 1. The minimum Gasteiger partial charge on any atom is -0.475 e. The van der Waals surface area contributed by atoms with Gasteiger partial charge in [0.05, 0.1) is 6.10 Å². The highest BCUT2D eigenvalue weighted by atomic mass is 35.5. The standard InChI is InChI=1S/C14H20ClN3O.2C2HF3O2/c15-11-1-3-12(4-2-11)17-5-7-18(8-6-17)13-9-16-10-14(13)19;2*3-2(4,5)1(6)7/h1-4,13-14,16,19H,5-10H2;2*(H,6,7)/t13-,14-;;/m0../s1. The molecule has 0 aromatic heterocycles. The number of aliphatic hydroxyl groups is 1. The first-order chi connectivity index (χ1) is 15.1. The summed E-state index contributed by atoms with van der Waals surface area (Å²) in [4.78, 5) is 22.6. The van der Waals surface area contributed by atoms with Crippen molar-refractivity contribution in [3.63, 3.8) is 0 Å². The number of hydrogen-bond donors (Lipinski definition) is 4. The van der Waals surface area contributed by atoms with Crippen LogP contribution in [0.2, 0.25) is 5.02 Å². The van der Waals surface area contributed by atoms with E-state index in [1.54, 1.807) is 0 Å². The Morgan fingerprint density at radius 1 is 0.879 bits per heavy atom. The molecule has 33 heavy (non-hydrogen) atoms. The van der Waals surface area contributed by atoms with Gasteiger partial charge in [0, 0.05) is 56.0 Å². The van der Waals surface area contributed by atoms with Crippen molar-refractivity contribution in [2.75, 3.05) is 44.2 Å². The SMILES string of the molecule is O=C(O)C(F)(F)F.O=C(O)C(F)(F)F.O[C@H]1CNC[C@@H]1N1CCN(c2ccc(Cl)cc2)CC1. The predicted octanol–water partition coefficient (Wildman–Crippen LogP) is 2.06. The summed E-state index contributed by atoms with van der Waals surface area (Å²) < 4.78 is 63.5. The van der Waals surface area contributed by atoms with Crippen LogP contribution in [0.4, 0.5) is 32.0 Å². The van der Waals surface area contributed by atoms with Crippen molar-refractivity contribution < 1.29 is 51.3 Å². The number of carboxylic acids is 2. The average Bonchev–Trinajstić information content (AvgIpc) is 3.14. The van der Waals surface area contributed by atoms with Crippen LogP contribution in [0.25, 0.3) is 0 Å². The number of carboxylic acid groups (broad SMARTS) is 2. The van der Waals surface area contributed by atoms with Crippen LogP contribution < -0.4 is 10.2 Å². The van der Waals surface area contributed by atoms with Gasteiger partial charge in [-0.25, -0.2) is 9.59 Å². The zero-order chi connectivity index (χ0) is 25.4. The molecular weight excluding hydrogens is 488 g/mol. The van der Waals surface area contributed by atoms with Crippen LogP contribution in [0.3, 0.4) is 0 Å². The number of benzene rings is 1. The lowest BCUT2D eigenvalue weighted by Crippen LogP contribution is -2.53. The highest BCUT2D eigenvalue weighted by Gasteiger charge is 2.39. The van der Waals surface area contributed by atoms with Crippen LogP contribution in [-0.4, -0.2) is 95.9 Å². The zero-order valence-corrected chi connectivity index (χ0v) is 17.7. The van der Waals surface area contributed by atoms with Gasteiger partial charge in [-0.3, -0.25) is 4.90 Å². The molecule has 188 valence electrons. The Labute approximate surface area is 189 Å². The number of nitrogens with one attached hydrogen (secondary N) is 1. The molecule has 3 rings (SSSR count). The monoisotopic (exact) mass is 509 g/mol. The second kappa shape index (κ2) is 12.3. The summed E-state index contributed by atoms with van der Waals surface area (Å²) in [6.07, 6.45) is -10.4. The number of anilines is 1. The third-order valence-corrected chi connectivity index (χ3v) is 4.86. The van der Waals surface area contributed by atoms with Gasteiger partial charge in [0.15, 0.2) is 0 Å². The molecule has 2 fully saturated rings. The number of carbonyl (C=O) groups is 2. The maximum absolute atomic E-state index is 10.6. The minimum absolute atomic E-state index is 0.220. The number of halogens is 7. The average molecular weight is 510 g/mol. The molecule has 4 N–H and O–H groups in total. The molecule has 2 heterocycles. The Morgan fingerprint density at radius 2 is 1.30 bits per heavy atom. The summed E-state index contributed by atoms with van der Waals surface area (Å²) in [6.45, 7) is 5.65. The van der Waals surface area contributed by atoms with Gasteiger partial charge in [0.25, 0.3) is 0 Å². The van der Waals surface area contributed by atoms with Crippen LogP contribution in [0.5, 0.6) is 0 Å². The lowest BCUT2D eigenvalue weighted by atomic mass is 10.1. The van der Waals surface area contributed by atoms with E-state index in [2.05, 4.69) is 27.2 Å². The van der Waals surface area contributed by atoms with Gasteiger partial charge >= 0.3 is 24.3 Å². The van der Waals surface area contributed by atoms with E-state index < -0.39 is 24.3 Å². The largest absolute Gasteiger partial charge is 0.490 e. The molecule has 0 amide bonds. The first-order valence-electron chi connectivity index (χ1n) is 9.36. The van der Waals surface area contributed by atoms with Gasteiger partial charge in [-0.05, 0) is 24.3 Å². The Balaban J connectivity index is 0.000000324. The minimum atomic E-state index is -5.08. The van der Waals surface area contributed by atoms with E-state index in [0.29, 0.717) is 0 Å². The van der Waals surface area contributed by atoms with Crippen LogP contribution in [0, 0.1) is 0 Å². The number of rotatable bonds is 2. The molecule has 8 nitrogen and oxygen atoms in total. The molecule has 0 saturated carbocycles. The molecule has 1 aromatic rings. The van der Waals surface area contributed by atoms with Crippen LogP contribution in [0.1, 0.15) is 0 Å². The highest BCUT2D eigenvalue weighted by molar-refractivity contribution is 6.30. The zero-order valence-electron chi connectivity index (χ0n) is 16.9. The van der Waals surface area contributed by atoms with E-state index in [1.807, 2.05) is 12.1 Å². The number of nitrogens with zero attached hydrogens (tertiary/aromatic N) is 2. The third kappa shape index (κ3) is 10.0. The van der Waals surface area contributed by atoms with Crippen molar-refractivity contribution in [2.45, 2.75) is 24.5 Å². The van der Waals surface area contributed by atoms with Crippen molar-refractivity contribution in [2.24, 2.45) is 0 Å². The smallest absolute Gasteiger partial charge is 0.475 e. The molecule has 0 aliphatic carbocycles. The molecule has 0 spiro atoms. The summed E-state index contributed by atoms with van der Waals surface area (Å²) in [5, 5.41) is 28.2. The van der Waals surface area contributed by atoms with Crippen LogP contribution in [-0.2, 0) is 9.59 Å². The molecule has 15 heteroatoms. The van der Waals surface area contributed by atoms with Gasteiger partial charge < -0.3 is 25.5 Å². The molecule has 2 aliphatic heterocycles. The highest BCUT2D eigenvalue weighted by Crippen LogP contribution is 2.21. The molecule has 2 aliphatic rings. The van der Waals surface area contributed by atoms with Crippen molar-refractivity contribution >= 4 is 29.2 Å². The van der Waals surface area contributed by atoms with Gasteiger partial charge in [-0.15, -0.1) is 0 Å². The summed E-state index contributed by atoms with van der Waals surface area (Å²) in [7, 11) is 0. The Kier molecular flexibility index (Phi) is 10.7. The summed E-state index contributed by atoms with van der Waals surface area (Å²) >= 11 is 5.91. The maximum atomic E-state index is 10.6. The fourth-order valence-electron chi connectivity index (χ4n) is 2.99. The van der Waals surface area contributed by atoms with E-state index in [0.717, 1.165) is 44.3 Å². The summed E-state index contributed by atoms with van der Waals surface area (Å²) in [5.41, 5.74) is 1.23. The molecule has 2 saturated heterocycles. The number of hydrogen-bond acceptors (Lipinski definition) is 6. The maximum Gasteiger partial charge on any atom is 0.490 e. The Morgan fingerprint density at radius 3 is 1.64 bits per heavy atom. The number of β-amino-alcohol motifs (C(OH)–C–C–N with tert-alkyl or cyclic N) is 1. The first kappa shape index (κ1) is 28.7. The van der Waals surface area contributed by atoms with Crippen LogP contribution in [0.15, 0.2) is 24.3 Å². The van der Waals surface area contributed by atoms with Crippen molar-refractivity contribution in [1.29, 1.82) is 0 Å². The number of aliphatic carboxylic acids is 2. The molecule has 1 aromatic carbocycles. The van der Waals surface area contributed by atoms with Gasteiger partial charge in [0.2, 0.25) is 0 Å². The van der Waals surface area contributed by atoms with Gasteiger partial charge in [-0.2, -0.15) is 26.3 Å². The fraction of sp³-hybridized carbons (Fsp3) is 0.556. The second-order valence-corrected chi connectivity index (χ2v) is 7.33. The lowest BCUT2D eigenvalue weighted by molar-refractivity contribution is -0.193. The quantitative estimate of drug-likeness (QED) is 0.448. The normalized spacial score (nSPS) is 21.4.